The van der Waals surface area contributed by atoms with Crippen LogP contribution >= 0.6 is 0 Å². The fourth-order valence-corrected chi connectivity index (χ4v) is 17.7. The van der Waals surface area contributed by atoms with Gasteiger partial charge >= 0.3 is 0 Å². The predicted octanol–water partition coefficient (Wildman–Crippen LogP) is 32.4. The molecule has 22 aromatic carbocycles. The number of fused-ring (bicyclic) bond motifs is 8. The molecule has 0 atom stereocenters. The number of rotatable bonds is 15. The van der Waals surface area contributed by atoms with Gasteiger partial charge in [-0.3, -0.25) is 0 Å². The predicted molar refractivity (Wildman–Crippen MR) is 523 cm³/mol. The van der Waals surface area contributed by atoms with Crippen molar-refractivity contribution in [2.45, 2.75) is 13.8 Å². The third-order valence-electron chi connectivity index (χ3n) is 24.1. The average molecular weight is 1550 g/mol. The summed E-state index contributed by atoms with van der Waals surface area (Å²) in [4.78, 5) is 13.8. The Balaban J connectivity index is 0.000000118. The first kappa shape index (κ1) is 74.3. The number of anilines is 15. The van der Waals surface area contributed by atoms with Gasteiger partial charge in [0.25, 0.3) is 0 Å². The van der Waals surface area contributed by atoms with E-state index in [1.807, 2.05) is 0 Å². The number of aryl methyl sites for hydroxylation is 2. The highest BCUT2D eigenvalue weighted by Crippen LogP contribution is 2.47. The molecule has 0 radical (unpaired) electrons. The molecule has 0 saturated heterocycles. The Morgan fingerprint density at radius 1 is 0.140 bits per heavy atom. The summed E-state index contributed by atoms with van der Waals surface area (Å²) in [6.45, 7) is 4.25. The Bertz CT molecular complexity index is 7280. The first-order valence-electron chi connectivity index (χ1n) is 41.6. The van der Waals surface area contributed by atoms with Gasteiger partial charge in [0.15, 0.2) is 0 Å². The molecule has 0 unspecified atom stereocenters. The van der Waals surface area contributed by atoms with Crippen LogP contribution in [-0.4, -0.2) is 21.1 Å². The van der Waals surface area contributed by atoms with E-state index < -0.39 is 0 Å². The second kappa shape index (κ2) is 32.2. The van der Waals surface area contributed by atoms with Crippen molar-refractivity contribution in [1.29, 1.82) is 0 Å². The zero-order valence-corrected chi connectivity index (χ0v) is 68.3. The summed E-state index contributed by atoms with van der Waals surface area (Å²) in [5.74, 6) is 0. The summed E-state index contributed by atoms with van der Waals surface area (Å²) in [7, 11) is 6.42. The van der Waals surface area contributed by atoms with Gasteiger partial charge < -0.3 is 29.4 Å². The smallest absolute Gasteiger partial charge is 0.0488 e. The van der Waals surface area contributed by atoms with E-state index in [2.05, 4.69) is 507 Å². The van der Waals surface area contributed by atoms with E-state index in [1.165, 1.54) is 136 Å². The molecule has 0 heterocycles. The van der Waals surface area contributed by atoms with Crippen LogP contribution in [-0.2, 0) is 0 Å². The van der Waals surface area contributed by atoms with Crippen molar-refractivity contribution in [1.82, 2.24) is 0 Å². The van der Waals surface area contributed by atoms with Gasteiger partial charge in [0, 0.05) is 112 Å². The Morgan fingerprint density at radius 2 is 0.388 bits per heavy atom. The molecule has 0 aliphatic carbocycles. The normalized spacial score (nSPS) is 11.3. The van der Waals surface area contributed by atoms with Gasteiger partial charge in [-0.25, -0.2) is 0 Å². The van der Waals surface area contributed by atoms with Crippen LogP contribution in [0.1, 0.15) is 11.1 Å². The van der Waals surface area contributed by atoms with Crippen LogP contribution in [0, 0.1) is 13.8 Å². The molecule has 0 spiro atoms. The van der Waals surface area contributed by atoms with Crippen LogP contribution < -0.4 is 29.4 Å². The molecule has 22 rings (SSSR count). The minimum atomic E-state index is 1.12. The van der Waals surface area contributed by atoms with Crippen molar-refractivity contribution >= 4 is 193 Å². The summed E-state index contributed by atoms with van der Waals surface area (Å²) in [5.41, 5.74) is 19.7. The Kier molecular flexibility index (Phi) is 19.8. The van der Waals surface area contributed by atoms with Crippen LogP contribution in [0.15, 0.2) is 443 Å². The van der Waals surface area contributed by atoms with Gasteiger partial charge in [0.1, 0.15) is 0 Å². The van der Waals surface area contributed by atoms with E-state index in [1.54, 1.807) is 0 Å². The minimum Gasteiger partial charge on any atom is -0.345 e. The molecule has 0 fully saturated rings. The van der Waals surface area contributed by atoms with E-state index in [0.717, 1.165) is 68.2 Å². The molecule has 0 aliphatic rings. The maximum Gasteiger partial charge on any atom is 0.0488 e. The summed E-state index contributed by atoms with van der Waals surface area (Å²) >= 11 is 0. The highest BCUT2D eigenvalue weighted by Gasteiger charge is 2.22. The number of benzene rings is 22. The van der Waals surface area contributed by atoms with Crippen LogP contribution in [0.3, 0.4) is 0 Å². The van der Waals surface area contributed by atoms with E-state index in [0.29, 0.717) is 0 Å². The highest BCUT2D eigenvalue weighted by atomic mass is 15.2. The van der Waals surface area contributed by atoms with Gasteiger partial charge in [0.2, 0.25) is 0 Å². The van der Waals surface area contributed by atoms with Crippen LogP contribution in [0.5, 0.6) is 0 Å². The lowest BCUT2D eigenvalue weighted by molar-refractivity contribution is 1.20. The molecule has 0 amide bonds. The Hall–Kier alpha value is -15.5. The van der Waals surface area contributed by atoms with E-state index >= 15 is 0 Å². The monoisotopic (exact) mass is 1550 g/mol. The molecule has 578 valence electrons. The maximum atomic E-state index is 2.36. The van der Waals surface area contributed by atoms with Crippen LogP contribution in [0.25, 0.3) is 108 Å². The zero-order valence-electron chi connectivity index (χ0n) is 68.3. The Morgan fingerprint density at radius 3 is 0.727 bits per heavy atom. The molecule has 0 N–H and O–H groups in total. The van der Waals surface area contributed by atoms with E-state index in [9.17, 15) is 0 Å². The SMILES string of the molecule is CN(c1ccc(N(c2ccc3ccccc3c2)c2ccc3ccccc3c2)cc1)c1ccc2c3cccc4cccc(c5cccc1c52)c43.Cc1ccc(N(C)c2ccc(N(c3ccc4ccccc4c3)c3ccc4ccccc4c3)cc2)cc1.Cc1cccc(N(C)c2ccc(N(c3ccc4ccccc4c3)c3ccc4ccccc4c3)cc2)c1. The second-order valence-corrected chi connectivity index (χ2v) is 31.7. The van der Waals surface area contributed by atoms with Crippen molar-refractivity contribution in [3.63, 3.8) is 0 Å². The van der Waals surface area contributed by atoms with Crippen molar-refractivity contribution in [2.24, 2.45) is 0 Å². The summed E-state index contributed by atoms with van der Waals surface area (Å²) in [6, 6.07) is 160. The van der Waals surface area contributed by atoms with Crippen LogP contribution in [0.4, 0.5) is 85.3 Å². The lowest BCUT2D eigenvalue weighted by atomic mass is 9.89. The summed E-state index contributed by atoms with van der Waals surface area (Å²) in [5, 5.41) is 25.3. The average Bonchev–Trinajstić information content (AvgIpc) is 0.715. The third kappa shape index (κ3) is 14.7. The van der Waals surface area contributed by atoms with Crippen molar-refractivity contribution < 1.29 is 0 Å². The van der Waals surface area contributed by atoms with E-state index in [4.69, 9.17) is 0 Å². The summed E-state index contributed by atoms with van der Waals surface area (Å²) < 4.78 is 0. The second-order valence-electron chi connectivity index (χ2n) is 31.7. The van der Waals surface area contributed by atoms with E-state index in [-0.39, 0.29) is 0 Å². The molecule has 0 saturated carbocycles. The van der Waals surface area contributed by atoms with Crippen LogP contribution in [0.2, 0.25) is 0 Å². The fraction of sp³-hybridized carbons (Fsp3) is 0.0435. The molecule has 0 aliphatic heterocycles. The van der Waals surface area contributed by atoms with Gasteiger partial charge in [-0.15, -0.1) is 0 Å². The third-order valence-corrected chi connectivity index (χ3v) is 24.1. The minimum absolute atomic E-state index is 1.12. The van der Waals surface area contributed by atoms with Gasteiger partial charge in [-0.05, 0) is 298 Å². The number of hydrogen-bond donors (Lipinski definition) is 0. The zero-order chi connectivity index (χ0) is 81.4. The quantitative estimate of drug-likeness (QED) is 0.0747. The number of hydrogen-bond acceptors (Lipinski definition) is 6. The maximum absolute atomic E-state index is 2.36. The van der Waals surface area contributed by atoms with Crippen molar-refractivity contribution in [2.75, 3.05) is 50.5 Å². The largest absolute Gasteiger partial charge is 0.345 e. The first-order chi connectivity index (χ1) is 59.5. The topological polar surface area (TPSA) is 19.4 Å². The molecule has 0 aromatic heterocycles. The molecule has 6 heteroatoms. The van der Waals surface area contributed by atoms with Gasteiger partial charge in [0.05, 0.1) is 0 Å². The standard InChI is InChI=1S/C47H32N2.2C34H28N2/c1-48(45-28-27-43-41-16-7-14-33-13-6-15-40(46(33)41)42-17-8-18-44(45)47(42)43)36-23-25-37(26-24-36)49(38-21-19-31-9-2-4-11-34(31)29-38)39-22-20-32-10-3-5-12-35(32)30-39;1-25-8-7-13-32(22-25)35(2)30-18-20-31(21-19-30)36(33-16-14-26-9-3-5-11-28(26)23-33)34-17-15-27-10-4-6-12-29(27)24-34;1-25-11-15-30(16-12-25)35(2)31-19-21-32(22-20-31)36(33-17-13-26-7-3-5-9-28(26)23-33)34-18-14-27-8-4-6-10-29(27)24-34/h2-30H,1H3;2*3-24H,1-2H3. The lowest BCUT2D eigenvalue weighted by Crippen LogP contribution is -2.12. The van der Waals surface area contributed by atoms with Gasteiger partial charge in [-0.1, -0.05) is 272 Å². The highest BCUT2D eigenvalue weighted by molar-refractivity contribution is 6.34. The molecule has 22 aromatic rings. The number of nitrogens with zero attached hydrogens (tertiary/aromatic N) is 6. The van der Waals surface area contributed by atoms with Crippen molar-refractivity contribution in [3.8, 4) is 0 Å². The molecule has 0 bridgehead atoms. The lowest BCUT2D eigenvalue weighted by Gasteiger charge is -2.28. The molecule has 121 heavy (non-hydrogen) atoms. The van der Waals surface area contributed by atoms with Gasteiger partial charge in [-0.2, -0.15) is 0 Å². The first-order valence-corrected chi connectivity index (χ1v) is 41.6. The Labute approximate surface area is 706 Å². The van der Waals surface area contributed by atoms with Crippen molar-refractivity contribution in [3.05, 3.63) is 454 Å². The molecule has 6 nitrogen and oxygen atoms in total. The molecular formula is C115H88N6. The molecular weight excluding hydrogens is 1470 g/mol. The fourth-order valence-electron chi connectivity index (χ4n) is 17.7. The summed E-state index contributed by atoms with van der Waals surface area (Å²) in [6.07, 6.45) is 0.